The van der Waals surface area contributed by atoms with Crippen LogP contribution in [0.5, 0.6) is 0 Å². The number of alkyl halides is 3. The number of hydrogen-bond donors (Lipinski definition) is 1. The van der Waals surface area contributed by atoms with Crippen LogP contribution in [0.2, 0.25) is 0 Å². The summed E-state index contributed by atoms with van der Waals surface area (Å²) in [6.07, 6.45) is -0.246. The Morgan fingerprint density at radius 1 is 1.17 bits per heavy atom. The molecule has 0 saturated carbocycles. The van der Waals surface area contributed by atoms with Crippen molar-refractivity contribution in [3.8, 4) is 0 Å². The van der Waals surface area contributed by atoms with Gasteiger partial charge >= 0.3 is 6.18 Å². The molecule has 0 spiro atoms. The van der Waals surface area contributed by atoms with Gasteiger partial charge in [0.1, 0.15) is 5.82 Å². The number of hydrogen-bond acceptors (Lipinski definition) is 5. The van der Waals surface area contributed by atoms with Gasteiger partial charge in [0, 0.05) is 29.5 Å². The molecule has 0 aliphatic carbocycles. The number of amides is 1. The van der Waals surface area contributed by atoms with Crippen LogP contribution in [-0.2, 0) is 12.7 Å². The van der Waals surface area contributed by atoms with E-state index < -0.39 is 11.7 Å². The van der Waals surface area contributed by atoms with Gasteiger partial charge in [0.2, 0.25) is 0 Å². The lowest BCUT2D eigenvalue weighted by Crippen LogP contribution is -2.42. The van der Waals surface area contributed by atoms with Gasteiger partial charge in [0.15, 0.2) is 0 Å². The van der Waals surface area contributed by atoms with Crippen molar-refractivity contribution < 1.29 is 18.0 Å². The highest BCUT2D eigenvalue weighted by Crippen LogP contribution is 2.29. The number of nitrogens with two attached hydrogens (primary N) is 1. The van der Waals surface area contributed by atoms with E-state index in [0.29, 0.717) is 22.6 Å². The van der Waals surface area contributed by atoms with Crippen molar-refractivity contribution in [2.75, 3.05) is 5.73 Å². The second-order valence-corrected chi connectivity index (χ2v) is 8.53. The van der Waals surface area contributed by atoms with E-state index in [1.165, 1.54) is 6.07 Å². The second kappa shape index (κ2) is 9.36. The lowest BCUT2D eigenvalue weighted by molar-refractivity contribution is -0.137. The lowest BCUT2D eigenvalue weighted by Gasteiger charge is -2.33. The Hall–Kier alpha value is -3.95. The summed E-state index contributed by atoms with van der Waals surface area (Å²) in [6, 6.07) is 10.5. The zero-order valence-electron chi connectivity index (χ0n) is 19.5. The highest BCUT2D eigenvalue weighted by molar-refractivity contribution is 5.98. The fourth-order valence-electron chi connectivity index (χ4n) is 3.86. The van der Waals surface area contributed by atoms with E-state index in [1.54, 1.807) is 46.2 Å². The molecule has 3 aromatic heterocycles. The van der Waals surface area contributed by atoms with Gasteiger partial charge in [-0.1, -0.05) is 0 Å². The van der Waals surface area contributed by atoms with Gasteiger partial charge in [-0.2, -0.15) is 18.3 Å². The van der Waals surface area contributed by atoms with Crippen molar-refractivity contribution in [3.63, 3.8) is 0 Å². The first kappa shape index (κ1) is 24.2. The molecule has 2 N–H and O–H groups in total. The molecule has 182 valence electrons. The number of fused-ring (bicyclic) bond motifs is 1. The number of anilines is 1. The predicted octanol–water partition coefficient (Wildman–Crippen LogP) is 5.03. The van der Waals surface area contributed by atoms with Crippen molar-refractivity contribution in [1.29, 1.82) is 0 Å². The highest BCUT2D eigenvalue weighted by Gasteiger charge is 2.31. The van der Waals surface area contributed by atoms with Crippen molar-refractivity contribution in [1.82, 2.24) is 24.6 Å². The van der Waals surface area contributed by atoms with Crippen molar-refractivity contribution >= 4 is 22.6 Å². The van der Waals surface area contributed by atoms with Crippen LogP contribution >= 0.6 is 0 Å². The quantitative estimate of drug-likeness (QED) is 0.416. The van der Waals surface area contributed by atoms with Crippen molar-refractivity contribution in [2.24, 2.45) is 0 Å². The Morgan fingerprint density at radius 2 is 1.94 bits per heavy atom. The largest absolute Gasteiger partial charge is 0.417 e. The summed E-state index contributed by atoms with van der Waals surface area (Å²) in [5, 5.41) is 5.04. The van der Waals surface area contributed by atoms with E-state index in [-0.39, 0.29) is 24.5 Å². The minimum atomic E-state index is -4.48. The highest BCUT2D eigenvalue weighted by atomic mass is 19.4. The van der Waals surface area contributed by atoms with Crippen LogP contribution in [0, 0.1) is 6.92 Å². The van der Waals surface area contributed by atoms with Crippen LogP contribution in [0.25, 0.3) is 10.9 Å². The second-order valence-electron chi connectivity index (χ2n) is 8.53. The van der Waals surface area contributed by atoms with Gasteiger partial charge in [-0.25, -0.2) is 4.98 Å². The summed E-state index contributed by atoms with van der Waals surface area (Å²) in [5.41, 5.74) is 7.30. The molecule has 0 aliphatic heterocycles. The Labute approximate surface area is 200 Å². The monoisotopic (exact) mass is 482 g/mol. The molecule has 4 rings (SSSR count). The van der Waals surface area contributed by atoms with Crippen LogP contribution in [0.4, 0.5) is 19.0 Å². The number of pyridine rings is 2. The number of rotatable bonds is 6. The molecular formula is C25H25F3N6O. The maximum Gasteiger partial charge on any atom is 0.417 e. The Bertz CT molecular complexity index is 1340. The summed E-state index contributed by atoms with van der Waals surface area (Å²) in [4.78, 5) is 23.7. The SMILES string of the molecule is Cc1cc2cc(C(=O)N(Cc3ccc(C(F)(F)F)cn3)[C@@H](C)[C@@H](C)n3cccn3)ccc2nc1N. The van der Waals surface area contributed by atoms with Gasteiger partial charge in [-0.05, 0) is 68.8 Å². The van der Waals surface area contributed by atoms with E-state index in [1.807, 2.05) is 26.8 Å². The molecule has 35 heavy (non-hydrogen) atoms. The summed E-state index contributed by atoms with van der Waals surface area (Å²) in [5.74, 6) is 0.142. The summed E-state index contributed by atoms with van der Waals surface area (Å²) in [7, 11) is 0. The van der Waals surface area contributed by atoms with Crippen LogP contribution in [0.15, 0.2) is 61.1 Å². The average Bonchev–Trinajstić information content (AvgIpc) is 3.36. The summed E-state index contributed by atoms with van der Waals surface area (Å²) < 4.78 is 40.7. The third-order valence-corrected chi connectivity index (χ3v) is 6.17. The first-order valence-corrected chi connectivity index (χ1v) is 11.0. The Kier molecular flexibility index (Phi) is 6.47. The van der Waals surface area contributed by atoms with Crippen molar-refractivity contribution in [2.45, 2.75) is 45.6 Å². The van der Waals surface area contributed by atoms with Gasteiger partial charge < -0.3 is 10.6 Å². The number of carbonyl (C=O) groups is 1. The molecule has 1 amide bonds. The standard InChI is InChI=1S/C25H25F3N6O/c1-15-11-19-12-18(5-8-22(19)32-23(15)29)24(35)33(16(2)17(3)34-10-4-9-31-34)14-21-7-6-20(13-30-21)25(26,27)28/h4-13,16-17H,14H2,1-3H3,(H2,29,32)/t16-,17+/m0/s1. The first-order chi connectivity index (χ1) is 16.5. The zero-order chi connectivity index (χ0) is 25.3. The summed E-state index contributed by atoms with van der Waals surface area (Å²) in [6.45, 7) is 5.67. The third-order valence-electron chi connectivity index (χ3n) is 6.17. The molecule has 0 aliphatic rings. The lowest BCUT2D eigenvalue weighted by atomic mass is 10.0. The zero-order valence-corrected chi connectivity index (χ0v) is 19.5. The average molecular weight is 483 g/mol. The van der Waals surface area contributed by atoms with E-state index in [2.05, 4.69) is 15.1 Å². The fourth-order valence-corrected chi connectivity index (χ4v) is 3.86. The molecule has 0 saturated heterocycles. The normalized spacial score (nSPS) is 13.5. The molecule has 0 bridgehead atoms. The fraction of sp³-hybridized carbons (Fsp3) is 0.280. The minimum Gasteiger partial charge on any atom is -0.383 e. The topological polar surface area (TPSA) is 89.9 Å². The van der Waals surface area contributed by atoms with E-state index in [4.69, 9.17) is 5.73 Å². The van der Waals surface area contributed by atoms with Crippen LogP contribution in [0.3, 0.4) is 0 Å². The molecule has 0 fully saturated rings. The number of carbonyl (C=O) groups excluding carboxylic acids is 1. The molecule has 4 aromatic rings. The first-order valence-electron chi connectivity index (χ1n) is 11.0. The number of aromatic nitrogens is 4. The van der Waals surface area contributed by atoms with E-state index in [9.17, 15) is 18.0 Å². The minimum absolute atomic E-state index is 0.0286. The number of benzene rings is 1. The molecule has 2 atom stereocenters. The van der Waals surface area contributed by atoms with Gasteiger partial charge in [-0.15, -0.1) is 0 Å². The van der Waals surface area contributed by atoms with Gasteiger partial charge in [0.05, 0.1) is 35.4 Å². The molecule has 1 aromatic carbocycles. The van der Waals surface area contributed by atoms with Gasteiger partial charge in [-0.3, -0.25) is 14.5 Å². The molecular weight excluding hydrogens is 457 g/mol. The number of nitrogens with zero attached hydrogens (tertiary/aromatic N) is 5. The third kappa shape index (κ3) is 5.11. The van der Waals surface area contributed by atoms with Crippen molar-refractivity contribution in [3.05, 3.63) is 83.4 Å². The van der Waals surface area contributed by atoms with E-state index in [0.717, 1.165) is 23.2 Å². The predicted molar refractivity (Wildman–Crippen MR) is 126 cm³/mol. The van der Waals surface area contributed by atoms with E-state index >= 15 is 0 Å². The maximum absolute atomic E-state index is 13.7. The number of aryl methyl sites for hydroxylation is 1. The van der Waals surface area contributed by atoms with Crippen LogP contribution < -0.4 is 5.73 Å². The number of nitrogen functional groups attached to an aromatic ring is 1. The molecule has 0 radical (unpaired) electrons. The maximum atomic E-state index is 13.7. The Balaban J connectivity index is 1.69. The van der Waals surface area contributed by atoms with Crippen LogP contribution in [-0.4, -0.2) is 36.6 Å². The molecule has 10 heteroatoms. The summed E-state index contributed by atoms with van der Waals surface area (Å²) >= 11 is 0. The van der Waals surface area contributed by atoms with Crippen LogP contribution in [0.1, 0.15) is 47.1 Å². The van der Waals surface area contributed by atoms with Gasteiger partial charge in [0.25, 0.3) is 5.91 Å². The Morgan fingerprint density at radius 3 is 2.57 bits per heavy atom. The number of halogens is 3. The molecule has 7 nitrogen and oxygen atoms in total. The smallest absolute Gasteiger partial charge is 0.383 e. The molecule has 3 heterocycles. The molecule has 0 unspecified atom stereocenters.